The van der Waals surface area contributed by atoms with E-state index in [-0.39, 0.29) is 0 Å². The van der Waals surface area contributed by atoms with Gasteiger partial charge in [-0.2, -0.15) is 0 Å². The normalized spacial score (nSPS) is 16.6. The van der Waals surface area contributed by atoms with Gasteiger partial charge in [0.25, 0.3) is 0 Å². The van der Waals surface area contributed by atoms with Gasteiger partial charge in [-0.15, -0.1) is 0 Å². The Bertz CT molecular complexity index is 498. The van der Waals surface area contributed by atoms with Crippen LogP contribution in [0.15, 0.2) is 6.07 Å². The van der Waals surface area contributed by atoms with Crippen LogP contribution in [-0.2, 0) is 4.65 Å². The summed E-state index contributed by atoms with van der Waals surface area (Å²) in [5, 5.41) is 20.5. The van der Waals surface area contributed by atoms with E-state index in [9.17, 15) is 10.1 Å². The quantitative estimate of drug-likeness (QED) is 0.806. The number of hydrogen-bond acceptors (Lipinski definition) is 3. The van der Waals surface area contributed by atoms with E-state index in [1.165, 1.54) is 12.8 Å². The smallest absolute Gasteiger partial charge is 0.423 e. The third kappa shape index (κ3) is 2.80. The van der Waals surface area contributed by atoms with Crippen LogP contribution in [0.2, 0.25) is 0 Å². The number of nitrogens with zero attached hydrogens (tertiary/aromatic N) is 1. The zero-order valence-electron chi connectivity index (χ0n) is 13.4. The van der Waals surface area contributed by atoms with Gasteiger partial charge < -0.3 is 19.4 Å². The molecule has 5 heteroatoms. The van der Waals surface area contributed by atoms with Gasteiger partial charge in [-0.1, -0.05) is 0 Å². The number of aliphatic hydroxyl groups is 1. The van der Waals surface area contributed by atoms with Gasteiger partial charge in [0.2, 0.25) is 0 Å². The van der Waals surface area contributed by atoms with Crippen LogP contribution in [0.4, 0.5) is 0 Å². The first kappa shape index (κ1) is 15.6. The lowest BCUT2D eigenvalue weighted by molar-refractivity contribution is -0.0982. The topological polar surface area (TPSA) is 54.6 Å². The van der Waals surface area contributed by atoms with Crippen LogP contribution in [-0.4, -0.2) is 33.0 Å². The highest BCUT2D eigenvalue weighted by molar-refractivity contribution is 6.60. The maximum absolute atomic E-state index is 10.4. The fraction of sp³-hybridized carbons (Fsp3) is 0.733. The first-order chi connectivity index (χ1) is 9.04. The molecule has 1 fully saturated rings. The average Bonchev–Trinajstić information content (AvgIpc) is 3.03. The molecule has 0 unspecified atom stereocenters. The minimum absolute atomic E-state index is 0.582. The molecule has 2 rings (SSSR count). The Kier molecular flexibility index (Phi) is 3.82. The zero-order chi connectivity index (χ0) is 15.3. The van der Waals surface area contributed by atoms with Gasteiger partial charge in [0.1, 0.15) is 0 Å². The molecule has 2 N–H and O–H groups in total. The van der Waals surface area contributed by atoms with Crippen molar-refractivity contribution >= 4 is 12.6 Å². The molecule has 0 amide bonds. The van der Waals surface area contributed by atoms with Gasteiger partial charge in [-0.3, -0.25) is 0 Å². The zero-order valence-corrected chi connectivity index (χ0v) is 13.4. The minimum atomic E-state index is -1.03. The highest BCUT2D eigenvalue weighted by atomic mass is 16.5. The van der Waals surface area contributed by atoms with Gasteiger partial charge in [0.05, 0.1) is 11.2 Å². The van der Waals surface area contributed by atoms with E-state index in [0.717, 1.165) is 16.9 Å². The molecule has 0 saturated heterocycles. The van der Waals surface area contributed by atoms with Gasteiger partial charge in [-0.05, 0) is 60.5 Å². The fourth-order valence-electron chi connectivity index (χ4n) is 2.43. The van der Waals surface area contributed by atoms with E-state index < -0.39 is 18.3 Å². The molecule has 1 aliphatic carbocycles. The van der Waals surface area contributed by atoms with Crippen LogP contribution in [0.5, 0.6) is 0 Å². The number of hydrogen-bond donors (Lipinski definition) is 2. The van der Waals surface area contributed by atoms with Crippen LogP contribution < -0.4 is 5.46 Å². The summed E-state index contributed by atoms with van der Waals surface area (Å²) >= 11 is 0. The molecule has 0 spiro atoms. The molecule has 1 heterocycles. The van der Waals surface area contributed by atoms with Crippen molar-refractivity contribution in [3.63, 3.8) is 0 Å². The number of aryl methyl sites for hydroxylation is 1. The summed E-state index contributed by atoms with van der Waals surface area (Å²) in [5.41, 5.74) is 1.14. The molecule has 1 aromatic heterocycles. The Hall–Kier alpha value is -0.775. The van der Waals surface area contributed by atoms with E-state index in [1.54, 1.807) is 27.7 Å². The lowest BCUT2D eigenvalue weighted by Crippen LogP contribution is -2.53. The summed E-state index contributed by atoms with van der Waals surface area (Å²) in [6, 6.07) is 2.57. The number of aromatic nitrogens is 1. The van der Waals surface area contributed by atoms with Crippen molar-refractivity contribution in [3.8, 4) is 0 Å². The predicted octanol–water partition coefficient (Wildman–Crippen LogP) is 1.69. The maximum Gasteiger partial charge on any atom is 0.493 e. The minimum Gasteiger partial charge on any atom is -0.423 e. The standard InChI is InChI=1S/C15H26BNO3/c1-10-9-13(11(2)17(10)12-7-8-12)16(19)20-15(5,6)14(3,4)18/h9,12,18-19H,7-8H2,1-6H3. The molecule has 0 radical (unpaired) electrons. The molecule has 0 aromatic carbocycles. The van der Waals surface area contributed by atoms with Gasteiger partial charge in [-0.25, -0.2) is 0 Å². The van der Waals surface area contributed by atoms with Crippen molar-refractivity contribution in [1.29, 1.82) is 0 Å². The second-order valence-corrected chi connectivity index (χ2v) is 6.97. The van der Waals surface area contributed by atoms with Crippen molar-refractivity contribution in [2.24, 2.45) is 0 Å². The monoisotopic (exact) mass is 279 g/mol. The van der Waals surface area contributed by atoms with Crippen molar-refractivity contribution in [2.45, 2.75) is 71.6 Å². The molecule has 0 bridgehead atoms. The fourth-order valence-corrected chi connectivity index (χ4v) is 2.43. The average molecular weight is 279 g/mol. The second kappa shape index (κ2) is 4.90. The van der Waals surface area contributed by atoms with E-state index in [0.29, 0.717) is 6.04 Å². The Morgan fingerprint density at radius 1 is 1.25 bits per heavy atom. The van der Waals surface area contributed by atoms with Crippen molar-refractivity contribution in [3.05, 3.63) is 17.5 Å². The Morgan fingerprint density at radius 3 is 2.25 bits per heavy atom. The summed E-state index contributed by atoms with van der Waals surface area (Å²) in [6.07, 6.45) is 2.42. The van der Waals surface area contributed by atoms with Crippen molar-refractivity contribution in [1.82, 2.24) is 4.57 Å². The summed E-state index contributed by atoms with van der Waals surface area (Å²) in [5.74, 6) is 0. The number of rotatable bonds is 5. The lowest BCUT2D eigenvalue weighted by atomic mass is 9.76. The van der Waals surface area contributed by atoms with Crippen molar-refractivity contribution in [2.75, 3.05) is 0 Å². The van der Waals surface area contributed by atoms with Crippen LogP contribution in [0.3, 0.4) is 0 Å². The predicted molar refractivity (Wildman–Crippen MR) is 81.2 cm³/mol. The molecule has 0 atom stereocenters. The third-order valence-electron chi connectivity index (χ3n) is 4.58. The van der Waals surface area contributed by atoms with Gasteiger partial charge >= 0.3 is 7.12 Å². The van der Waals surface area contributed by atoms with Crippen LogP contribution in [0.25, 0.3) is 0 Å². The molecule has 0 aliphatic heterocycles. The lowest BCUT2D eigenvalue weighted by Gasteiger charge is -2.38. The largest absolute Gasteiger partial charge is 0.493 e. The molecular formula is C15H26BNO3. The SMILES string of the molecule is Cc1cc(B(O)OC(C)(C)C(C)(C)O)c(C)n1C1CC1. The van der Waals surface area contributed by atoms with Crippen molar-refractivity contribution < 1.29 is 14.8 Å². The summed E-state index contributed by atoms with van der Waals surface area (Å²) in [4.78, 5) is 0. The Balaban J connectivity index is 2.22. The molecule has 1 aromatic rings. The Labute approximate surface area is 121 Å². The highest BCUT2D eigenvalue weighted by Gasteiger charge is 2.40. The summed E-state index contributed by atoms with van der Waals surface area (Å²) < 4.78 is 8.01. The summed E-state index contributed by atoms with van der Waals surface area (Å²) in [6.45, 7) is 11.0. The third-order valence-corrected chi connectivity index (χ3v) is 4.58. The molecule has 4 nitrogen and oxygen atoms in total. The maximum atomic E-state index is 10.4. The Morgan fingerprint density at radius 2 is 1.80 bits per heavy atom. The summed E-state index contributed by atoms with van der Waals surface area (Å²) in [7, 11) is -1.02. The van der Waals surface area contributed by atoms with Crippen LogP contribution >= 0.6 is 0 Å². The van der Waals surface area contributed by atoms with E-state index >= 15 is 0 Å². The van der Waals surface area contributed by atoms with Crippen LogP contribution in [0.1, 0.15) is 58.0 Å². The molecule has 112 valence electrons. The first-order valence-corrected chi connectivity index (χ1v) is 7.31. The molecule has 20 heavy (non-hydrogen) atoms. The second-order valence-electron chi connectivity index (χ2n) is 6.97. The molecule has 1 saturated carbocycles. The van der Waals surface area contributed by atoms with Crippen LogP contribution in [0, 0.1) is 13.8 Å². The molecule has 1 aliphatic rings. The van der Waals surface area contributed by atoms with E-state index in [1.807, 2.05) is 13.0 Å². The first-order valence-electron chi connectivity index (χ1n) is 7.31. The highest BCUT2D eigenvalue weighted by Crippen LogP contribution is 2.37. The molecular weight excluding hydrogens is 253 g/mol. The van der Waals surface area contributed by atoms with Gasteiger partial charge in [0, 0.05) is 22.9 Å². The van der Waals surface area contributed by atoms with Gasteiger partial charge in [0.15, 0.2) is 0 Å². The van der Waals surface area contributed by atoms with E-state index in [4.69, 9.17) is 4.65 Å². The van der Waals surface area contributed by atoms with E-state index in [2.05, 4.69) is 11.5 Å².